The largest absolute Gasteiger partial charge is 0.493 e. The molecule has 0 heterocycles. The van der Waals surface area contributed by atoms with E-state index in [0.717, 1.165) is 25.7 Å². The smallest absolute Gasteiger partial charge is 0.167 e. The summed E-state index contributed by atoms with van der Waals surface area (Å²) in [5, 5.41) is 10.00. The fraction of sp³-hybridized carbons (Fsp3) is 0.600. The normalized spacial score (nSPS) is 22.6. The van der Waals surface area contributed by atoms with Gasteiger partial charge in [-0.05, 0) is 25.3 Å². The van der Waals surface area contributed by atoms with Gasteiger partial charge >= 0.3 is 0 Å². The molecule has 0 spiro atoms. The number of methoxy groups -OCH3 is 2. The lowest BCUT2D eigenvalue weighted by Gasteiger charge is -2.29. The van der Waals surface area contributed by atoms with Crippen LogP contribution < -0.4 is 9.47 Å². The van der Waals surface area contributed by atoms with E-state index in [0.29, 0.717) is 22.1 Å². The van der Waals surface area contributed by atoms with E-state index < -0.39 is 0 Å². The topological polar surface area (TPSA) is 47.9 Å². The van der Waals surface area contributed by atoms with Crippen LogP contribution in [0.3, 0.4) is 0 Å². The Morgan fingerprint density at radius 1 is 1.25 bits per heavy atom. The molecule has 20 heavy (non-hydrogen) atoms. The van der Waals surface area contributed by atoms with Gasteiger partial charge in [0.1, 0.15) is 6.10 Å². The third kappa shape index (κ3) is 3.57. The molecule has 5 heteroatoms. The highest BCUT2D eigenvalue weighted by molar-refractivity contribution is 6.30. The van der Waals surface area contributed by atoms with Gasteiger partial charge in [-0.25, -0.2) is 0 Å². The molecule has 0 saturated heterocycles. The van der Waals surface area contributed by atoms with Crippen LogP contribution in [0, 0.1) is 0 Å². The van der Waals surface area contributed by atoms with Crippen LogP contribution >= 0.6 is 11.6 Å². The molecule has 1 aliphatic carbocycles. The lowest BCUT2D eigenvalue weighted by Crippen LogP contribution is -2.29. The molecule has 2 atom stereocenters. The van der Waals surface area contributed by atoms with E-state index in [1.807, 2.05) is 0 Å². The molecule has 1 aromatic carbocycles. The van der Waals surface area contributed by atoms with Crippen LogP contribution in [-0.4, -0.2) is 31.5 Å². The van der Waals surface area contributed by atoms with Gasteiger partial charge in [-0.15, -0.1) is 0 Å². The molecule has 1 aromatic rings. The highest BCUT2D eigenvalue weighted by atomic mass is 35.5. The monoisotopic (exact) mass is 300 g/mol. The predicted molar refractivity (Wildman–Crippen MR) is 77.6 cm³/mol. The van der Waals surface area contributed by atoms with Gasteiger partial charge in [-0.2, -0.15) is 0 Å². The number of benzene rings is 1. The van der Waals surface area contributed by atoms with Crippen molar-refractivity contribution in [3.05, 3.63) is 22.7 Å². The van der Waals surface area contributed by atoms with E-state index in [1.54, 1.807) is 26.4 Å². The van der Waals surface area contributed by atoms with Crippen LogP contribution in [0.4, 0.5) is 0 Å². The predicted octanol–water partition coefficient (Wildman–Crippen LogP) is 3.18. The second-order valence-electron chi connectivity index (χ2n) is 5.02. The molecule has 0 radical (unpaired) electrons. The molecule has 0 bridgehead atoms. The standard InChI is InChI=1S/C15H21ClO4/c1-18-12-4-3-5-13(8-12)20-15-10(9-17)6-11(16)7-14(15)19-2/h6-7,12-13,17H,3-5,8-9H2,1-2H3. The summed E-state index contributed by atoms with van der Waals surface area (Å²) in [7, 11) is 3.30. The minimum atomic E-state index is -0.132. The van der Waals surface area contributed by atoms with Crippen molar-refractivity contribution in [1.29, 1.82) is 0 Å². The van der Waals surface area contributed by atoms with E-state index in [1.165, 1.54) is 0 Å². The van der Waals surface area contributed by atoms with Crippen molar-refractivity contribution in [1.82, 2.24) is 0 Å². The van der Waals surface area contributed by atoms with E-state index in [-0.39, 0.29) is 18.8 Å². The number of hydrogen-bond donors (Lipinski definition) is 1. The number of halogens is 1. The van der Waals surface area contributed by atoms with Gasteiger partial charge < -0.3 is 19.3 Å². The Morgan fingerprint density at radius 2 is 2.00 bits per heavy atom. The molecular weight excluding hydrogens is 280 g/mol. The van der Waals surface area contributed by atoms with Crippen LogP contribution in [0.25, 0.3) is 0 Å². The van der Waals surface area contributed by atoms with Gasteiger partial charge in [0.15, 0.2) is 11.5 Å². The Labute approximate surface area is 124 Å². The van der Waals surface area contributed by atoms with Crippen LogP contribution in [-0.2, 0) is 11.3 Å². The Morgan fingerprint density at radius 3 is 2.65 bits per heavy atom. The molecule has 1 fully saturated rings. The molecule has 1 saturated carbocycles. The Balaban J connectivity index is 2.19. The Kier molecular flexibility index (Phi) is 5.52. The van der Waals surface area contributed by atoms with Gasteiger partial charge in [0.05, 0.1) is 19.8 Å². The van der Waals surface area contributed by atoms with Gasteiger partial charge in [0.2, 0.25) is 0 Å². The fourth-order valence-electron chi connectivity index (χ4n) is 2.62. The summed E-state index contributed by atoms with van der Waals surface area (Å²) < 4.78 is 16.8. The molecule has 112 valence electrons. The third-order valence-electron chi connectivity index (χ3n) is 3.68. The number of hydrogen-bond acceptors (Lipinski definition) is 4. The zero-order chi connectivity index (χ0) is 14.5. The van der Waals surface area contributed by atoms with Crippen molar-refractivity contribution in [2.45, 2.75) is 44.5 Å². The Hall–Kier alpha value is -0.970. The number of aliphatic hydroxyl groups is 1. The van der Waals surface area contributed by atoms with Crippen LogP contribution in [0.1, 0.15) is 31.2 Å². The zero-order valence-corrected chi connectivity index (χ0v) is 12.7. The second kappa shape index (κ2) is 7.16. The van der Waals surface area contributed by atoms with E-state index >= 15 is 0 Å². The van der Waals surface area contributed by atoms with Crippen molar-refractivity contribution in [3.63, 3.8) is 0 Å². The van der Waals surface area contributed by atoms with Crippen LogP contribution in [0.15, 0.2) is 12.1 Å². The number of ether oxygens (including phenoxy) is 3. The first-order valence-electron chi connectivity index (χ1n) is 6.84. The molecular formula is C15H21ClO4. The summed E-state index contributed by atoms with van der Waals surface area (Å²) in [4.78, 5) is 0. The Bertz CT molecular complexity index is 424. The van der Waals surface area contributed by atoms with Crippen LogP contribution in [0.5, 0.6) is 11.5 Å². The van der Waals surface area contributed by atoms with Crippen molar-refractivity contribution >= 4 is 11.6 Å². The minimum Gasteiger partial charge on any atom is -0.493 e. The number of rotatable bonds is 5. The average molecular weight is 301 g/mol. The quantitative estimate of drug-likeness (QED) is 0.907. The zero-order valence-electron chi connectivity index (χ0n) is 11.9. The van der Waals surface area contributed by atoms with Crippen molar-refractivity contribution in [2.75, 3.05) is 14.2 Å². The summed E-state index contributed by atoms with van der Waals surface area (Å²) in [5.74, 6) is 1.14. The first-order chi connectivity index (χ1) is 9.67. The summed E-state index contributed by atoms with van der Waals surface area (Å²) >= 11 is 6.00. The van der Waals surface area contributed by atoms with Gasteiger partial charge in [0.25, 0.3) is 0 Å². The van der Waals surface area contributed by atoms with E-state index in [2.05, 4.69) is 0 Å². The minimum absolute atomic E-state index is 0.0778. The summed E-state index contributed by atoms with van der Waals surface area (Å²) in [5.41, 5.74) is 0.647. The lowest BCUT2D eigenvalue weighted by atomic mass is 9.95. The van der Waals surface area contributed by atoms with Gasteiger partial charge in [0, 0.05) is 30.2 Å². The SMILES string of the molecule is COc1cc(Cl)cc(CO)c1OC1CCCC(OC)C1. The lowest BCUT2D eigenvalue weighted by molar-refractivity contribution is 0.0195. The average Bonchev–Trinajstić information content (AvgIpc) is 2.48. The molecule has 4 nitrogen and oxygen atoms in total. The summed E-state index contributed by atoms with van der Waals surface area (Å²) in [6.07, 6.45) is 4.30. The first-order valence-corrected chi connectivity index (χ1v) is 7.22. The molecule has 1 aliphatic rings. The van der Waals surface area contributed by atoms with E-state index in [4.69, 9.17) is 25.8 Å². The summed E-state index contributed by atoms with van der Waals surface area (Å²) in [6.45, 7) is -0.132. The van der Waals surface area contributed by atoms with Gasteiger partial charge in [-0.3, -0.25) is 0 Å². The fourth-order valence-corrected chi connectivity index (χ4v) is 2.85. The maximum atomic E-state index is 9.47. The van der Waals surface area contributed by atoms with Crippen LogP contribution in [0.2, 0.25) is 5.02 Å². The van der Waals surface area contributed by atoms with E-state index in [9.17, 15) is 5.11 Å². The van der Waals surface area contributed by atoms with Crippen molar-refractivity contribution < 1.29 is 19.3 Å². The molecule has 0 aliphatic heterocycles. The third-order valence-corrected chi connectivity index (χ3v) is 3.90. The van der Waals surface area contributed by atoms with Crippen molar-refractivity contribution in [2.24, 2.45) is 0 Å². The highest BCUT2D eigenvalue weighted by Gasteiger charge is 2.25. The molecule has 2 rings (SSSR count). The molecule has 2 unspecified atom stereocenters. The highest BCUT2D eigenvalue weighted by Crippen LogP contribution is 2.37. The van der Waals surface area contributed by atoms with Gasteiger partial charge in [-0.1, -0.05) is 11.6 Å². The second-order valence-corrected chi connectivity index (χ2v) is 5.46. The molecule has 1 N–H and O–H groups in total. The maximum Gasteiger partial charge on any atom is 0.167 e. The number of aliphatic hydroxyl groups excluding tert-OH is 1. The first kappa shape index (κ1) is 15.4. The molecule has 0 amide bonds. The maximum absolute atomic E-state index is 9.47. The van der Waals surface area contributed by atoms with Crippen molar-refractivity contribution in [3.8, 4) is 11.5 Å². The summed E-state index contributed by atoms with van der Waals surface area (Å²) in [6, 6.07) is 3.41. The molecule has 0 aromatic heterocycles.